The smallest absolute Gasteiger partial charge is 0.334 e. The number of amides is 1. The molecular weight excluding hydrogens is 192 g/mol. The minimum absolute atomic E-state index is 0.0367. The zero-order chi connectivity index (χ0) is 11.1. The van der Waals surface area contributed by atoms with Crippen molar-refractivity contribution in [1.82, 2.24) is 5.32 Å². The van der Waals surface area contributed by atoms with Crippen LogP contribution in [0, 0.1) is 0 Å². The molecule has 2 atom stereocenters. The first-order valence-electron chi connectivity index (χ1n) is 3.92. The number of rotatable bonds is 6. The maximum Gasteiger partial charge on any atom is 0.334 e. The lowest BCUT2D eigenvalue weighted by atomic mass is 10.3. The summed E-state index contributed by atoms with van der Waals surface area (Å²) in [6, 6.07) is -0.860. The fourth-order valence-corrected chi connectivity index (χ4v) is 0.671. The number of nitrogens with one attached hydrogen (secondary N) is 1. The van der Waals surface area contributed by atoms with Crippen LogP contribution in [0.5, 0.6) is 0 Å². The van der Waals surface area contributed by atoms with Crippen molar-refractivity contribution in [3.05, 3.63) is 0 Å². The van der Waals surface area contributed by atoms with Gasteiger partial charge in [-0.05, 0) is 0 Å². The third-order valence-electron chi connectivity index (χ3n) is 1.44. The SMILES string of the molecule is COCC(N)C(=O)NCC(O)C(=O)O. The Morgan fingerprint density at radius 3 is 2.57 bits per heavy atom. The van der Waals surface area contributed by atoms with Crippen molar-refractivity contribution in [3.8, 4) is 0 Å². The molecule has 0 fully saturated rings. The van der Waals surface area contributed by atoms with E-state index >= 15 is 0 Å². The van der Waals surface area contributed by atoms with E-state index in [4.69, 9.17) is 15.9 Å². The minimum Gasteiger partial charge on any atom is -0.479 e. The summed E-state index contributed by atoms with van der Waals surface area (Å²) in [7, 11) is 1.39. The van der Waals surface area contributed by atoms with Gasteiger partial charge in [-0.3, -0.25) is 4.79 Å². The molecule has 0 saturated heterocycles. The van der Waals surface area contributed by atoms with Crippen molar-refractivity contribution in [2.45, 2.75) is 12.1 Å². The van der Waals surface area contributed by atoms with Gasteiger partial charge in [0, 0.05) is 7.11 Å². The van der Waals surface area contributed by atoms with E-state index in [1.165, 1.54) is 7.11 Å². The van der Waals surface area contributed by atoms with Gasteiger partial charge in [-0.15, -0.1) is 0 Å². The molecule has 7 heteroatoms. The van der Waals surface area contributed by atoms with Gasteiger partial charge in [0.05, 0.1) is 13.2 Å². The first kappa shape index (κ1) is 12.8. The number of nitrogens with two attached hydrogens (primary N) is 1. The maximum atomic E-state index is 11.0. The summed E-state index contributed by atoms with van der Waals surface area (Å²) < 4.78 is 4.61. The topological polar surface area (TPSA) is 122 Å². The Balaban J connectivity index is 3.78. The third kappa shape index (κ3) is 4.75. The lowest BCUT2D eigenvalue weighted by Crippen LogP contribution is -2.46. The number of carboxylic acids is 1. The Morgan fingerprint density at radius 2 is 2.14 bits per heavy atom. The van der Waals surface area contributed by atoms with Gasteiger partial charge < -0.3 is 26.0 Å². The fourth-order valence-electron chi connectivity index (χ4n) is 0.671. The van der Waals surface area contributed by atoms with E-state index in [0.29, 0.717) is 0 Å². The summed E-state index contributed by atoms with van der Waals surface area (Å²) in [5, 5.41) is 19.3. The second-order valence-electron chi connectivity index (χ2n) is 2.66. The number of hydrogen-bond donors (Lipinski definition) is 4. The van der Waals surface area contributed by atoms with Crippen molar-refractivity contribution in [3.63, 3.8) is 0 Å². The first-order chi connectivity index (χ1) is 6.49. The van der Waals surface area contributed by atoms with Gasteiger partial charge in [-0.1, -0.05) is 0 Å². The van der Waals surface area contributed by atoms with Crippen LogP contribution in [0.25, 0.3) is 0 Å². The molecule has 0 aliphatic carbocycles. The number of hydrogen-bond acceptors (Lipinski definition) is 5. The van der Waals surface area contributed by atoms with E-state index in [0.717, 1.165) is 0 Å². The number of aliphatic hydroxyl groups is 1. The van der Waals surface area contributed by atoms with Crippen LogP contribution >= 0.6 is 0 Å². The largest absolute Gasteiger partial charge is 0.479 e. The van der Waals surface area contributed by atoms with Crippen LogP contribution in [0.1, 0.15) is 0 Å². The van der Waals surface area contributed by atoms with E-state index in [1.807, 2.05) is 0 Å². The molecule has 0 aliphatic rings. The number of aliphatic carboxylic acids is 1. The number of carbonyl (C=O) groups excluding carboxylic acids is 1. The zero-order valence-corrected chi connectivity index (χ0v) is 7.77. The molecule has 0 spiro atoms. The molecule has 5 N–H and O–H groups in total. The highest BCUT2D eigenvalue weighted by atomic mass is 16.5. The summed E-state index contributed by atoms with van der Waals surface area (Å²) in [6.45, 7) is -0.333. The lowest BCUT2D eigenvalue weighted by Gasteiger charge is -2.12. The minimum atomic E-state index is -1.62. The number of carboxylic acid groups (broad SMARTS) is 1. The van der Waals surface area contributed by atoms with E-state index in [9.17, 15) is 9.59 Å². The molecule has 2 unspecified atom stereocenters. The van der Waals surface area contributed by atoms with Crippen LogP contribution in [-0.4, -0.2) is 54.5 Å². The predicted molar refractivity (Wildman–Crippen MR) is 46.5 cm³/mol. The molecule has 14 heavy (non-hydrogen) atoms. The molecular formula is C7H14N2O5. The number of aliphatic hydroxyl groups excluding tert-OH is 1. The third-order valence-corrected chi connectivity index (χ3v) is 1.44. The maximum absolute atomic E-state index is 11.0. The molecule has 0 heterocycles. The van der Waals surface area contributed by atoms with E-state index in [2.05, 4.69) is 10.1 Å². The Hall–Kier alpha value is -1.18. The van der Waals surface area contributed by atoms with E-state index < -0.39 is 24.0 Å². The van der Waals surface area contributed by atoms with Gasteiger partial charge >= 0.3 is 5.97 Å². The highest BCUT2D eigenvalue weighted by molar-refractivity contribution is 5.82. The highest BCUT2D eigenvalue weighted by Gasteiger charge is 2.17. The number of carbonyl (C=O) groups is 2. The van der Waals surface area contributed by atoms with E-state index in [1.54, 1.807) is 0 Å². The average Bonchev–Trinajstić information content (AvgIpc) is 2.13. The first-order valence-corrected chi connectivity index (χ1v) is 3.92. The summed E-state index contributed by atoms with van der Waals surface area (Å²) in [5.74, 6) is -1.96. The molecule has 0 saturated carbocycles. The highest BCUT2D eigenvalue weighted by Crippen LogP contribution is 1.83. The molecule has 0 bridgehead atoms. The van der Waals surface area contributed by atoms with Crippen LogP contribution in [0.4, 0.5) is 0 Å². The monoisotopic (exact) mass is 206 g/mol. The quantitative estimate of drug-likeness (QED) is 0.382. The predicted octanol–water partition coefficient (Wildman–Crippen LogP) is -2.48. The van der Waals surface area contributed by atoms with E-state index in [-0.39, 0.29) is 13.2 Å². The Labute approximate surface area is 80.8 Å². The Kier molecular flexibility index (Phi) is 5.77. The second-order valence-corrected chi connectivity index (χ2v) is 2.66. The molecule has 0 rings (SSSR count). The molecule has 7 nitrogen and oxygen atoms in total. The van der Waals surface area contributed by atoms with Crippen molar-refractivity contribution in [1.29, 1.82) is 0 Å². The molecule has 0 aromatic heterocycles. The standard InChI is InChI=1S/C7H14N2O5/c1-14-3-4(8)6(11)9-2-5(10)7(12)13/h4-5,10H,2-3,8H2,1H3,(H,9,11)(H,12,13). The Morgan fingerprint density at radius 1 is 1.57 bits per heavy atom. The van der Waals surface area contributed by atoms with Crippen molar-refractivity contribution >= 4 is 11.9 Å². The molecule has 0 aliphatic heterocycles. The lowest BCUT2D eigenvalue weighted by molar-refractivity contribution is -0.146. The van der Waals surface area contributed by atoms with Gasteiger partial charge in [0.15, 0.2) is 6.10 Å². The number of methoxy groups -OCH3 is 1. The molecule has 0 aromatic carbocycles. The van der Waals surface area contributed by atoms with Crippen LogP contribution in [-0.2, 0) is 14.3 Å². The summed E-state index contributed by atoms with van der Waals surface area (Å²) in [6.07, 6.45) is -1.62. The molecule has 0 aromatic rings. The van der Waals surface area contributed by atoms with Crippen molar-refractivity contribution in [2.24, 2.45) is 5.73 Å². The van der Waals surface area contributed by atoms with Crippen molar-refractivity contribution in [2.75, 3.05) is 20.3 Å². The van der Waals surface area contributed by atoms with Gasteiger partial charge in [0.2, 0.25) is 5.91 Å². The van der Waals surface area contributed by atoms with Gasteiger partial charge in [0.1, 0.15) is 6.04 Å². The zero-order valence-electron chi connectivity index (χ0n) is 7.77. The van der Waals surface area contributed by atoms with Gasteiger partial charge in [-0.2, -0.15) is 0 Å². The van der Waals surface area contributed by atoms with Crippen molar-refractivity contribution < 1.29 is 24.5 Å². The van der Waals surface area contributed by atoms with Crippen LogP contribution in [0.3, 0.4) is 0 Å². The summed E-state index contributed by atoms with van der Waals surface area (Å²) in [4.78, 5) is 21.2. The molecule has 82 valence electrons. The number of ether oxygens (including phenoxy) is 1. The summed E-state index contributed by atoms with van der Waals surface area (Å²) in [5.41, 5.74) is 5.32. The molecule has 0 radical (unpaired) electrons. The van der Waals surface area contributed by atoms with Gasteiger partial charge in [-0.25, -0.2) is 4.79 Å². The average molecular weight is 206 g/mol. The fraction of sp³-hybridized carbons (Fsp3) is 0.714. The van der Waals surface area contributed by atoms with Crippen LogP contribution < -0.4 is 11.1 Å². The molecule has 1 amide bonds. The second kappa shape index (κ2) is 6.30. The van der Waals surface area contributed by atoms with Crippen LogP contribution in [0.15, 0.2) is 0 Å². The van der Waals surface area contributed by atoms with Crippen LogP contribution in [0.2, 0.25) is 0 Å². The summed E-state index contributed by atoms with van der Waals surface area (Å²) >= 11 is 0. The Bertz CT molecular complexity index is 208. The van der Waals surface area contributed by atoms with Gasteiger partial charge in [0.25, 0.3) is 0 Å². The normalized spacial score (nSPS) is 14.5.